The zero-order valence-electron chi connectivity index (χ0n) is 18.5. The fourth-order valence-electron chi connectivity index (χ4n) is 3.10. The van der Waals surface area contributed by atoms with Crippen LogP contribution in [0.25, 0.3) is 22.5 Å². The van der Waals surface area contributed by atoms with Gasteiger partial charge in [0.25, 0.3) is 0 Å². The van der Waals surface area contributed by atoms with Gasteiger partial charge in [-0.15, -0.1) is 0 Å². The Labute approximate surface area is 180 Å². The Morgan fingerprint density at radius 3 is 1.93 bits per heavy atom. The van der Waals surface area contributed by atoms with E-state index in [1.807, 2.05) is 6.92 Å². The van der Waals surface area contributed by atoms with Crippen molar-refractivity contribution in [3.8, 4) is 28.3 Å². The molecule has 30 heavy (non-hydrogen) atoms. The van der Waals surface area contributed by atoms with Crippen LogP contribution in [0.15, 0.2) is 60.9 Å². The highest BCUT2D eigenvalue weighted by Crippen LogP contribution is 2.25. The van der Waals surface area contributed by atoms with Crippen molar-refractivity contribution in [1.29, 1.82) is 0 Å². The summed E-state index contributed by atoms with van der Waals surface area (Å²) in [5.41, 5.74) is 4.74. The van der Waals surface area contributed by atoms with Crippen LogP contribution < -0.4 is 4.74 Å². The number of nitrogens with zero attached hydrogens (tertiary/aromatic N) is 2. The molecule has 2 aromatic carbocycles. The molecule has 3 rings (SSSR count). The van der Waals surface area contributed by atoms with Crippen molar-refractivity contribution in [3.05, 3.63) is 66.5 Å². The topological polar surface area (TPSA) is 44.2 Å². The molecular formula is C26H32N2O2. The molecule has 0 radical (unpaired) electrons. The molecular weight excluding hydrogens is 372 g/mol. The number of hydrogen-bond donors (Lipinski definition) is 0. The monoisotopic (exact) mass is 404 g/mol. The van der Waals surface area contributed by atoms with Crippen LogP contribution in [0.3, 0.4) is 0 Å². The van der Waals surface area contributed by atoms with Gasteiger partial charge in [0.1, 0.15) is 6.61 Å². The molecule has 0 N–H and O–H groups in total. The average Bonchev–Trinajstić information content (AvgIpc) is 2.78. The van der Waals surface area contributed by atoms with E-state index < -0.39 is 0 Å². The minimum Gasteiger partial charge on any atom is -0.488 e. The van der Waals surface area contributed by atoms with E-state index in [0.717, 1.165) is 25.0 Å². The first kappa shape index (κ1) is 22.0. The maximum atomic E-state index is 5.74. The summed E-state index contributed by atoms with van der Waals surface area (Å²) in [4.78, 5) is 8.92. The van der Waals surface area contributed by atoms with Crippen LogP contribution in [0.5, 0.6) is 5.75 Å². The first-order chi connectivity index (χ1) is 14.6. The zero-order chi connectivity index (χ0) is 21.3. The van der Waals surface area contributed by atoms with Gasteiger partial charge in [-0.25, -0.2) is 9.97 Å². The molecule has 0 spiro atoms. The highest BCUT2D eigenvalue weighted by atomic mass is 16.5. The Balaban J connectivity index is 1.58. The molecule has 158 valence electrons. The van der Waals surface area contributed by atoms with E-state index in [0.29, 0.717) is 24.1 Å². The van der Waals surface area contributed by atoms with Crippen LogP contribution in [-0.2, 0) is 4.74 Å². The Morgan fingerprint density at radius 2 is 1.37 bits per heavy atom. The first-order valence-corrected chi connectivity index (χ1v) is 10.8. The molecule has 0 amide bonds. The van der Waals surface area contributed by atoms with Crippen LogP contribution >= 0.6 is 0 Å². The van der Waals surface area contributed by atoms with Gasteiger partial charge < -0.3 is 9.47 Å². The van der Waals surface area contributed by atoms with E-state index in [1.165, 1.54) is 16.7 Å². The standard InChI is InChI=1S/C26H32N2O2/c1-5-6-15-29-20(4)18-30-25-16-27-26(28-17-25)24-13-11-23(12-14-24)22-9-7-21(8-10-22)19(2)3/h7-14,16-17,19-20H,5-6,15,18H2,1-4H3/t20-/m1/s1. The predicted octanol–water partition coefficient (Wildman–Crippen LogP) is 6.52. The maximum Gasteiger partial charge on any atom is 0.159 e. The van der Waals surface area contributed by atoms with Gasteiger partial charge in [-0.3, -0.25) is 0 Å². The van der Waals surface area contributed by atoms with Crippen LogP contribution in [0, 0.1) is 0 Å². The summed E-state index contributed by atoms with van der Waals surface area (Å²) in [7, 11) is 0. The fraction of sp³-hybridized carbons (Fsp3) is 0.385. The largest absolute Gasteiger partial charge is 0.488 e. The molecule has 0 saturated heterocycles. The quantitative estimate of drug-likeness (QED) is 0.361. The predicted molar refractivity (Wildman–Crippen MR) is 123 cm³/mol. The zero-order valence-corrected chi connectivity index (χ0v) is 18.5. The van der Waals surface area contributed by atoms with Gasteiger partial charge in [-0.1, -0.05) is 75.7 Å². The molecule has 1 aromatic heterocycles. The van der Waals surface area contributed by atoms with E-state index >= 15 is 0 Å². The fourth-order valence-corrected chi connectivity index (χ4v) is 3.10. The SMILES string of the molecule is CCCCO[C@H](C)COc1cnc(-c2ccc(-c3ccc(C(C)C)cc3)cc2)nc1. The van der Waals surface area contributed by atoms with E-state index in [1.54, 1.807) is 12.4 Å². The van der Waals surface area contributed by atoms with Crippen LogP contribution in [0.1, 0.15) is 52.0 Å². The number of hydrogen-bond acceptors (Lipinski definition) is 4. The van der Waals surface area contributed by atoms with Gasteiger partial charge in [0, 0.05) is 12.2 Å². The summed E-state index contributed by atoms with van der Waals surface area (Å²) < 4.78 is 11.4. The molecule has 1 atom stereocenters. The molecule has 4 heteroatoms. The van der Waals surface area contributed by atoms with Gasteiger partial charge in [0.2, 0.25) is 0 Å². The highest BCUT2D eigenvalue weighted by Gasteiger charge is 2.07. The lowest BCUT2D eigenvalue weighted by molar-refractivity contribution is 0.0307. The van der Waals surface area contributed by atoms with E-state index in [2.05, 4.69) is 79.3 Å². The molecule has 0 bridgehead atoms. The number of benzene rings is 2. The smallest absolute Gasteiger partial charge is 0.159 e. The molecule has 1 heterocycles. The van der Waals surface area contributed by atoms with Crippen LogP contribution in [0.4, 0.5) is 0 Å². The third-order valence-corrected chi connectivity index (χ3v) is 5.07. The highest BCUT2D eigenvalue weighted by molar-refractivity contribution is 5.68. The minimum atomic E-state index is 0.0541. The normalized spacial score (nSPS) is 12.2. The Hall–Kier alpha value is -2.72. The summed E-state index contributed by atoms with van der Waals surface area (Å²) in [5.74, 6) is 1.89. The van der Waals surface area contributed by atoms with E-state index in [-0.39, 0.29) is 6.10 Å². The first-order valence-electron chi connectivity index (χ1n) is 10.8. The van der Waals surface area contributed by atoms with Crippen molar-refractivity contribution in [2.75, 3.05) is 13.2 Å². The third-order valence-electron chi connectivity index (χ3n) is 5.07. The second-order valence-corrected chi connectivity index (χ2v) is 7.94. The maximum absolute atomic E-state index is 5.74. The summed E-state index contributed by atoms with van der Waals surface area (Å²) >= 11 is 0. The van der Waals surface area contributed by atoms with Crippen molar-refractivity contribution in [3.63, 3.8) is 0 Å². The molecule has 0 aliphatic heterocycles. The number of unbranched alkanes of at least 4 members (excludes halogenated alkanes) is 1. The Morgan fingerprint density at radius 1 is 0.800 bits per heavy atom. The van der Waals surface area contributed by atoms with Crippen molar-refractivity contribution >= 4 is 0 Å². The lowest BCUT2D eigenvalue weighted by Gasteiger charge is -2.13. The molecule has 0 unspecified atom stereocenters. The lowest BCUT2D eigenvalue weighted by atomic mass is 9.98. The van der Waals surface area contributed by atoms with Gasteiger partial charge in [-0.05, 0) is 36.0 Å². The van der Waals surface area contributed by atoms with E-state index in [9.17, 15) is 0 Å². The van der Waals surface area contributed by atoms with Gasteiger partial charge >= 0.3 is 0 Å². The summed E-state index contributed by atoms with van der Waals surface area (Å²) in [6.45, 7) is 9.86. The van der Waals surface area contributed by atoms with E-state index in [4.69, 9.17) is 9.47 Å². The van der Waals surface area contributed by atoms with Crippen molar-refractivity contribution < 1.29 is 9.47 Å². The Kier molecular flexibility index (Phi) is 7.97. The Bertz CT molecular complexity index is 888. The third kappa shape index (κ3) is 6.14. The second kappa shape index (κ2) is 10.9. The van der Waals surface area contributed by atoms with Crippen molar-refractivity contribution in [1.82, 2.24) is 9.97 Å². The molecule has 4 nitrogen and oxygen atoms in total. The molecule has 3 aromatic rings. The summed E-state index contributed by atoms with van der Waals surface area (Å²) in [6.07, 6.45) is 5.70. The van der Waals surface area contributed by atoms with Gasteiger partial charge in [0.15, 0.2) is 11.6 Å². The van der Waals surface area contributed by atoms with Crippen LogP contribution in [0.2, 0.25) is 0 Å². The molecule has 0 saturated carbocycles. The molecule has 0 aliphatic rings. The minimum absolute atomic E-state index is 0.0541. The van der Waals surface area contributed by atoms with Crippen LogP contribution in [-0.4, -0.2) is 29.3 Å². The summed E-state index contributed by atoms with van der Waals surface area (Å²) in [6, 6.07) is 17.1. The van der Waals surface area contributed by atoms with Crippen molar-refractivity contribution in [2.24, 2.45) is 0 Å². The van der Waals surface area contributed by atoms with Gasteiger partial charge in [-0.2, -0.15) is 0 Å². The number of rotatable bonds is 10. The number of ether oxygens (including phenoxy) is 2. The van der Waals surface area contributed by atoms with Gasteiger partial charge in [0.05, 0.1) is 18.5 Å². The summed E-state index contributed by atoms with van der Waals surface area (Å²) in [5, 5.41) is 0. The lowest BCUT2D eigenvalue weighted by Crippen LogP contribution is -2.18. The molecule has 0 aliphatic carbocycles. The second-order valence-electron chi connectivity index (χ2n) is 7.94. The number of aromatic nitrogens is 2. The average molecular weight is 405 g/mol. The molecule has 0 fully saturated rings. The van der Waals surface area contributed by atoms with Crippen molar-refractivity contribution in [2.45, 2.75) is 52.6 Å².